The summed E-state index contributed by atoms with van der Waals surface area (Å²) in [6, 6.07) is 0. The molecule has 7 nitrogen and oxygen atoms in total. The summed E-state index contributed by atoms with van der Waals surface area (Å²) in [7, 11) is 0. The molecule has 0 aromatic carbocycles. The zero-order chi connectivity index (χ0) is 16.8. The second-order valence-electron chi connectivity index (χ2n) is 6.96. The maximum Gasteiger partial charge on any atom is 0.248 e. The molecule has 1 aromatic rings. The number of hydrogen-bond acceptors (Lipinski definition) is 4. The third kappa shape index (κ3) is 4.79. The Hall–Kier alpha value is -1.92. The minimum atomic E-state index is -0.0292. The first-order chi connectivity index (χ1) is 11.7. The lowest BCUT2D eigenvalue weighted by molar-refractivity contribution is -0.132. The van der Waals surface area contributed by atoms with E-state index in [4.69, 9.17) is 0 Å². The molecule has 1 aliphatic heterocycles. The molecule has 0 unspecified atom stereocenters. The molecule has 1 saturated heterocycles. The van der Waals surface area contributed by atoms with Crippen LogP contribution in [0, 0.1) is 5.92 Å². The molecule has 2 aliphatic rings. The number of amides is 2. The number of carbonyl (C=O) groups is 2. The van der Waals surface area contributed by atoms with Crippen LogP contribution in [0.1, 0.15) is 57.8 Å². The normalized spacial score (nSPS) is 19.2. The number of carbonyl (C=O) groups excluding carboxylic acids is 2. The van der Waals surface area contributed by atoms with Crippen LogP contribution in [-0.4, -0.2) is 44.6 Å². The van der Waals surface area contributed by atoms with Crippen molar-refractivity contribution in [3.05, 3.63) is 6.33 Å². The predicted octanol–water partition coefficient (Wildman–Crippen LogP) is 2.20. The van der Waals surface area contributed by atoms with Crippen molar-refractivity contribution in [2.45, 2.75) is 64.3 Å². The van der Waals surface area contributed by atoms with Crippen LogP contribution in [0.25, 0.3) is 0 Å². The highest BCUT2D eigenvalue weighted by Gasteiger charge is 2.20. The summed E-state index contributed by atoms with van der Waals surface area (Å²) < 4.78 is 1.51. The molecule has 0 bridgehead atoms. The molecule has 2 fully saturated rings. The number of anilines is 1. The molecule has 0 radical (unpaired) electrons. The van der Waals surface area contributed by atoms with Crippen LogP contribution in [0.15, 0.2) is 6.33 Å². The van der Waals surface area contributed by atoms with E-state index < -0.39 is 0 Å². The smallest absolute Gasteiger partial charge is 0.248 e. The van der Waals surface area contributed by atoms with Crippen molar-refractivity contribution in [3.8, 4) is 0 Å². The van der Waals surface area contributed by atoms with E-state index in [0.29, 0.717) is 18.3 Å². The quantitative estimate of drug-likeness (QED) is 0.896. The second kappa shape index (κ2) is 8.26. The van der Waals surface area contributed by atoms with Gasteiger partial charge in [0.05, 0.1) is 0 Å². The zero-order valence-electron chi connectivity index (χ0n) is 14.2. The van der Waals surface area contributed by atoms with Crippen molar-refractivity contribution < 1.29 is 9.59 Å². The van der Waals surface area contributed by atoms with Crippen molar-refractivity contribution in [2.24, 2.45) is 5.92 Å². The van der Waals surface area contributed by atoms with Gasteiger partial charge < -0.3 is 4.90 Å². The van der Waals surface area contributed by atoms with E-state index in [1.165, 1.54) is 36.7 Å². The maximum atomic E-state index is 12.3. The molecule has 2 heterocycles. The summed E-state index contributed by atoms with van der Waals surface area (Å²) in [5.41, 5.74) is 0. The molecule has 1 aliphatic carbocycles. The summed E-state index contributed by atoms with van der Waals surface area (Å²) in [4.78, 5) is 30.3. The van der Waals surface area contributed by atoms with E-state index in [0.717, 1.165) is 38.8 Å². The molecule has 2 amide bonds. The molecule has 7 heteroatoms. The monoisotopic (exact) mass is 333 g/mol. The van der Waals surface area contributed by atoms with E-state index in [2.05, 4.69) is 15.4 Å². The van der Waals surface area contributed by atoms with Crippen LogP contribution in [0.2, 0.25) is 0 Å². The van der Waals surface area contributed by atoms with Crippen LogP contribution in [-0.2, 0) is 16.1 Å². The van der Waals surface area contributed by atoms with Gasteiger partial charge in [-0.1, -0.05) is 25.7 Å². The van der Waals surface area contributed by atoms with Gasteiger partial charge in [0.1, 0.15) is 12.9 Å². The molecule has 132 valence electrons. The van der Waals surface area contributed by atoms with Crippen LogP contribution >= 0.6 is 0 Å². The molecule has 24 heavy (non-hydrogen) atoms. The molecule has 1 saturated carbocycles. The average Bonchev–Trinajstić information content (AvgIpc) is 3.12. The Labute approximate surface area is 142 Å². The molecular weight excluding hydrogens is 306 g/mol. The highest BCUT2D eigenvalue weighted by molar-refractivity contribution is 5.89. The first-order valence-electron chi connectivity index (χ1n) is 9.18. The largest absolute Gasteiger partial charge is 0.341 e. The van der Waals surface area contributed by atoms with E-state index in [9.17, 15) is 9.59 Å². The summed E-state index contributed by atoms with van der Waals surface area (Å²) in [6.07, 6.45) is 11.3. The second-order valence-corrected chi connectivity index (χ2v) is 6.96. The van der Waals surface area contributed by atoms with Gasteiger partial charge in [-0.05, 0) is 31.6 Å². The lowest BCUT2D eigenvalue weighted by Crippen LogP contribution is -2.34. The molecule has 0 atom stereocenters. The number of hydrogen-bond donors (Lipinski definition) is 1. The van der Waals surface area contributed by atoms with Gasteiger partial charge in [0.15, 0.2) is 0 Å². The lowest BCUT2D eigenvalue weighted by Gasteiger charge is -2.19. The number of likely N-dealkylation sites (tertiary alicyclic amines) is 1. The fraction of sp³-hybridized carbons (Fsp3) is 0.765. The Kier molecular flexibility index (Phi) is 5.82. The fourth-order valence-corrected chi connectivity index (χ4v) is 3.64. The third-order valence-electron chi connectivity index (χ3n) is 4.99. The van der Waals surface area contributed by atoms with Crippen LogP contribution in [0.4, 0.5) is 5.95 Å². The minimum absolute atomic E-state index is 0.0292. The minimum Gasteiger partial charge on any atom is -0.341 e. The van der Waals surface area contributed by atoms with Gasteiger partial charge >= 0.3 is 0 Å². The van der Waals surface area contributed by atoms with Crippen molar-refractivity contribution in [3.63, 3.8) is 0 Å². The number of rotatable bonds is 5. The predicted molar refractivity (Wildman–Crippen MR) is 90.3 cm³/mol. The van der Waals surface area contributed by atoms with Crippen LogP contribution in [0.5, 0.6) is 0 Å². The molecule has 1 N–H and O–H groups in total. The summed E-state index contributed by atoms with van der Waals surface area (Å²) in [5, 5.41) is 6.95. The number of aromatic nitrogens is 3. The highest BCUT2D eigenvalue weighted by Crippen LogP contribution is 2.27. The van der Waals surface area contributed by atoms with Gasteiger partial charge in [-0.25, -0.2) is 9.67 Å². The maximum absolute atomic E-state index is 12.3. The lowest BCUT2D eigenvalue weighted by atomic mass is 10.0. The first-order valence-corrected chi connectivity index (χ1v) is 9.18. The van der Waals surface area contributed by atoms with Gasteiger partial charge in [-0.15, -0.1) is 5.10 Å². The fourth-order valence-electron chi connectivity index (χ4n) is 3.64. The summed E-state index contributed by atoms with van der Waals surface area (Å²) in [6.45, 7) is 1.85. The van der Waals surface area contributed by atoms with Crippen molar-refractivity contribution in [2.75, 3.05) is 18.4 Å². The Morgan fingerprint density at radius 1 is 1.08 bits per heavy atom. The molecule has 1 aromatic heterocycles. The summed E-state index contributed by atoms with van der Waals surface area (Å²) in [5.74, 6) is 0.836. The molecular formula is C17H27N5O2. The molecule has 3 rings (SSSR count). The first kappa shape index (κ1) is 16.9. The van der Waals surface area contributed by atoms with Crippen LogP contribution in [0.3, 0.4) is 0 Å². The van der Waals surface area contributed by atoms with Gasteiger partial charge in [0, 0.05) is 19.5 Å². The van der Waals surface area contributed by atoms with Crippen molar-refractivity contribution in [1.82, 2.24) is 19.7 Å². The summed E-state index contributed by atoms with van der Waals surface area (Å²) >= 11 is 0. The number of nitrogens with one attached hydrogen (secondary N) is 1. The highest BCUT2D eigenvalue weighted by atomic mass is 16.2. The van der Waals surface area contributed by atoms with Crippen LogP contribution < -0.4 is 5.32 Å². The van der Waals surface area contributed by atoms with Gasteiger partial charge in [-0.3, -0.25) is 14.9 Å². The van der Waals surface area contributed by atoms with Crippen molar-refractivity contribution >= 4 is 17.8 Å². The van der Waals surface area contributed by atoms with E-state index in [1.807, 2.05) is 4.90 Å². The van der Waals surface area contributed by atoms with Gasteiger partial charge in [0.2, 0.25) is 17.8 Å². The number of nitrogens with zero attached hydrogens (tertiary/aromatic N) is 4. The van der Waals surface area contributed by atoms with Gasteiger partial charge in [-0.2, -0.15) is 0 Å². The standard InChI is InChI=1S/C17H27N5O2/c23-15(11-14-7-3-4-8-14)19-17-18-13-22(20-17)12-16(24)21-9-5-1-2-6-10-21/h13-14H,1-12H2,(H,19,20,23). The Balaban J connectivity index is 1.47. The van der Waals surface area contributed by atoms with E-state index in [1.54, 1.807) is 0 Å². The third-order valence-corrected chi connectivity index (χ3v) is 4.99. The Morgan fingerprint density at radius 2 is 1.79 bits per heavy atom. The zero-order valence-corrected chi connectivity index (χ0v) is 14.2. The average molecular weight is 333 g/mol. The van der Waals surface area contributed by atoms with E-state index in [-0.39, 0.29) is 18.4 Å². The SMILES string of the molecule is O=C(CC1CCCC1)Nc1ncn(CC(=O)N2CCCCCC2)n1. The molecule has 0 spiro atoms. The topological polar surface area (TPSA) is 80.1 Å². The van der Waals surface area contributed by atoms with Crippen molar-refractivity contribution in [1.29, 1.82) is 0 Å². The Bertz CT molecular complexity index is 557. The Morgan fingerprint density at radius 3 is 2.50 bits per heavy atom. The van der Waals surface area contributed by atoms with E-state index >= 15 is 0 Å². The van der Waals surface area contributed by atoms with Gasteiger partial charge in [0.25, 0.3) is 0 Å².